The first kappa shape index (κ1) is 16.3. The van der Waals surface area contributed by atoms with E-state index in [1.165, 1.54) is 6.26 Å². The molecule has 0 aliphatic heterocycles. The predicted octanol–water partition coefficient (Wildman–Crippen LogP) is 2.13. The monoisotopic (exact) mass is 329 g/mol. The number of alkyl halides is 1. The highest BCUT2D eigenvalue weighted by molar-refractivity contribution is 7.91. The Kier molecular flexibility index (Phi) is 4.60. The third-order valence-electron chi connectivity index (χ3n) is 3.67. The van der Waals surface area contributed by atoms with Crippen molar-refractivity contribution in [2.75, 3.05) is 20.4 Å². The van der Waals surface area contributed by atoms with Crippen molar-refractivity contribution in [2.24, 2.45) is 0 Å². The van der Waals surface area contributed by atoms with Crippen LogP contribution < -0.4 is 0 Å². The van der Waals surface area contributed by atoms with E-state index in [1.54, 1.807) is 12.1 Å². The number of rotatable bonds is 5. The van der Waals surface area contributed by atoms with Crippen LogP contribution in [-0.4, -0.2) is 49.3 Å². The first-order valence-electron chi connectivity index (χ1n) is 6.66. The normalized spacial score (nSPS) is 14.0. The molecule has 0 spiro atoms. The van der Waals surface area contributed by atoms with E-state index in [9.17, 15) is 8.42 Å². The fourth-order valence-corrected chi connectivity index (χ4v) is 3.23. The number of fused-ring (bicyclic) bond motifs is 1. The lowest BCUT2D eigenvalue weighted by atomic mass is 10.2. The van der Waals surface area contributed by atoms with Gasteiger partial charge in [-0.15, -0.1) is 11.6 Å². The van der Waals surface area contributed by atoms with Crippen LogP contribution >= 0.6 is 11.6 Å². The van der Waals surface area contributed by atoms with Crippen molar-refractivity contribution in [2.45, 2.75) is 30.3 Å². The molecule has 1 atom stereocenters. The van der Waals surface area contributed by atoms with Gasteiger partial charge in [0.1, 0.15) is 11.3 Å². The zero-order chi connectivity index (χ0) is 15.8. The molecule has 0 fully saturated rings. The summed E-state index contributed by atoms with van der Waals surface area (Å²) in [6, 6.07) is 5.50. The van der Waals surface area contributed by atoms with E-state index >= 15 is 0 Å². The first-order chi connectivity index (χ1) is 9.75. The average Bonchev–Trinajstić information content (AvgIpc) is 2.75. The number of imidazole rings is 1. The van der Waals surface area contributed by atoms with Crippen molar-refractivity contribution in [3.8, 4) is 0 Å². The van der Waals surface area contributed by atoms with Crippen LogP contribution in [-0.2, 0) is 22.3 Å². The quantitative estimate of drug-likeness (QED) is 0.789. The summed E-state index contributed by atoms with van der Waals surface area (Å²) in [6.07, 6.45) is 1.20. The maximum absolute atomic E-state index is 11.9. The Bertz CT molecular complexity index is 753. The molecular weight excluding hydrogens is 310 g/mol. The number of hydrogen-bond acceptors (Lipinski definition) is 4. The van der Waals surface area contributed by atoms with E-state index < -0.39 is 9.84 Å². The Labute approximate surface area is 130 Å². The summed E-state index contributed by atoms with van der Waals surface area (Å²) in [5.41, 5.74) is 1.31. The topological polar surface area (TPSA) is 55.2 Å². The fourth-order valence-electron chi connectivity index (χ4n) is 2.20. The number of likely N-dealkylation sites (N-methyl/N-ethyl adjacent to an activating group) is 1. The highest BCUT2D eigenvalue weighted by Gasteiger charge is 2.19. The molecule has 0 saturated heterocycles. The summed E-state index contributed by atoms with van der Waals surface area (Å²) in [4.78, 5) is 6.80. The van der Waals surface area contributed by atoms with Gasteiger partial charge < -0.3 is 9.47 Å². The van der Waals surface area contributed by atoms with Crippen molar-refractivity contribution in [3.63, 3.8) is 0 Å². The molecule has 0 radical (unpaired) electrons. The Balaban J connectivity index is 2.66. The standard InChI is InChI=1S/C14H20ClN3O2S/c1-10(17(2)3)9-18-11-6-5-7-12(21(4,19)20)14(11)16-13(18)8-15/h5-7,10H,8-9H2,1-4H3. The van der Waals surface area contributed by atoms with Gasteiger partial charge >= 0.3 is 0 Å². The third-order valence-corrected chi connectivity index (χ3v) is 5.04. The number of nitrogens with zero attached hydrogens (tertiary/aromatic N) is 3. The van der Waals surface area contributed by atoms with E-state index in [0.717, 1.165) is 5.52 Å². The van der Waals surface area contributed by atoms with Crippen molar-refractivity contribution in [1.82, 2.24) is 14.5 Å². The summed E-state index contributed by atoms with van der Waals surface area (Å²) in [7, 11) is 0.697. The smallest absolute Gasteiger partial charge is 0.177 e. The van der Waals surface area contributed by atoms with Gasteiger partial charge in [-0.1, -0.05) is 6.07 Å². The van der Waals surface area contributed by atoms with Crippen LogP contribution in [0.3, 0.4) is 0 Å². The number of para-hydroxylation sites is 1. The van der Waals surface area contributed by atoms with Crippen molar-refractivity contribution < 1.29 is 8.42 Å². The van der Waals surface area contributed by atoms with Crippen LogP contribution in [0.2, 0.25) is 0 Å². The van der Waals surface area contributed by atoms with Gasteiger partial charge in [0.2, 0.25) is 0 Å². The maximum Gasteiger partial charge on any atom is 0.177 e. The Morgan fingerprint density at radius 1 is 1.38 bits per heavy atom. The largest absolute Gasteiger partial charge is 0.325 e. The van der Waals surface area contributed by atoms with Crippen molar-refractivity contribution >= 4 is 32.5 Å². The Morgan fingerprint density at radius 2 is 2.05 bits per heavy atom. The number of aromatic nitrogens is 2. The van der Waals surface area contributed by atoms with Crippen LogP contribution in [0.5, 0.6) is 0 Å². The van der Waals surface area contributed by atoms with Crippen LogP contribution in [0.1, 0.15) is 12.7 Å². The zero-order valence-corrected chi connectivity index (χ0v) is 14.2. The number of benzene rings is 1. The van der Waals surface area contributed by atoms with Crippen LogP contribution in [0.25, 0.3) is 11.0 Å². The lowest BCUT2D eigenvalue weighted by Crippen LogP contribution is -2.29. The lowest BCUT2D eigenvalue weighted by molar-refractivity contribution is 0.284. The highest BCUT2D eigenvalue weighted by atomic mass is 35.5. The predicted molar refractivity (Wildman–Crippen MR) is 85.5 cm³/mol. The van der Waals surface area contributed by atoms with E-state index in [2.05, 4.69) is 16.8 Å². The van der Waals surface area contributed by atoms with Gasteiger partial charge in [0, 0.05) is 18.8 Å². The van der Waals surface area contributed by atoms with Gasteiger partial charge in [0.05, 0.1) is 16.3 Å². The summed E-state index contributed by atoms with van der Waals surface area (Å²) < 4.78 is 25.8. The lowest BCUT2D eigenvalue weighted by Gasteiger charge is -2.21. The molecular formula is C14H20ClN3O2S. The molecule has 5 nitrogen and oxygen atoms in total. The molecule has 116 valence electrons. The van der Waals surface area contributed by atoms with Gasteiger partial charge in [0.15, 0.2) is 9.84 Å². The second-order valence-electron chi connectivity index (χ2n) is 5.48. The van der Waals surface area contributed by atoms with E-state index in [4.69, 9.17) is 11.6 Å². The SMILES string of the molecule is CC(Cn1c(CCl)nc2c(S(C)(=O)=O)cccc21)N(C)C. The molecule has 0 amide bonds. The molecule has 1 unspecified atom stereocenters. The summed E-state index contributed by atoms with van der Waals surface area (Å²) >= 11 is 5.99. The summed E-state index contributed by atoms with van der Waals surface area (Å²) in [5, 5.41) is 0. The minimum atomic E-state index is -3.32. The van der Waals surface area contributed by atoms with Gasteiger partial charge in [0.25, 0.3) is 0 Å². The molecule has 0 N–H and O–H groups in total. The molecule has 1 heterocycles. The summed E-state index contributed by atoms with van der Waals surface area (Å²) in [5.74, 6) is 0.939. The van der Waals surface area contributed by atoms with E-state index in [-0.39, 0.29) is 16.8 Å². The summed E-state index contributed by atoms with van der Waals surface area (Å²) in [6.45, 7) is 2.81. The molecule has 1 aromatic carbocycles. The third kappa shape index (κ3) is 3.22. The second-order valence-corrected chi connectivity index (χ2v) is 7.73. The number of hydrogen-bond donors (Lipinski definition) is 0. The molecule has 21 heavy (non-hydrogen) atoms. The average molecular weight is 330 g/mol. The number of halogens is 1. The van der Waals surface area contributed by atoms with Gasteiger partial charge in [-0.2, -0.15) is 0 Å². The van der Waals surface area contributed by atoms with Crippen molar-refractivity contribution in [1.29, 1.82) is 0 Å². The minimum Gasteiger partial charge on any atom is -0.325 e. The molecule has 0 saturated carbocycles. The van der Waals surface area contributed by atoms with Gasteiger partial charge in [-0.05, 0) is 33.2 Å². The highest BCUT2D eigenvalue weighted by Crippen LogP contribution is 2.25. The van der Waals surface area contributed by atoms with E-state index in [1.807, 2.05) is 24.7 Å². The first-order valence-corrected chi connectivity index (χ1v) is 9.09. The maximum atomic E-state index is 11.9. The molecule has 2 aromatic rings. The van der Waals surface area contributed by atoms with Gasteiger partial charge in [-0.25, -0.2) is 13.4 Å². The minimum absolute atomic E-state index is 0.248. The van der Waals surface area contributed by atoms with Gasteiger partial charge in [-0.3, -0.25) is 0 Å². The molecule has 0 aliphatic rings. The Morgan fingerprint density at radius 3 is 2.57 bits per heavy atom. The molecule has 0 bridgehead atoms. The molecule has 7 heteroatoms. The Hall–Kier alpha value is -1.11. The zero-order valence-electron chi connectivity index (χ0n) is 12.7. The fraction of sp³-hybridized carbons (Fsp3) is 0.500. The molecule has 0 aliphatic carbocycles. The van der Waals surface area contributed by atoms with Crippen LogP contribution in [0.15, 0.2) is 23.1 Å². The molecule has 2 rings (SSSR count). The van der Waals surface area contributed by atoms with Crippen molar-refractivity contribution in [3.05, 3.63) is 24.0 Å². The number of sulfone groups is 1. The molecule has 1 aromatic heterocycles. The van der Waals surface area contributed by atoms with Crippen LogP contribution in [0, 0.1) is 0 Å². The second kappa shape index (κ2) is 5.94. The van der Waals surface area contributed by atoms with E-state index in [0.29, 0.717) is 17.9 Å². The van der Waals surface area contributed by atoms with Crippen LogP contribution in [0.4, 0.5) is 0 Å².